The molecule has 0 spiro atoms. The van der Waals surface area contributed by atoms with Gasteiger partial charge in [0, 0.05) is 115 Å². The van der Waals surface area contributed by atoms with Crippen LogP contribution >= 0.6 is 0 Å². The van der Waals surface area contributed by atoms with Crippen LogP contribution in [0.1, 0.15) is 41.1 Å². The zero-order chi connectivity index (χ0) is 125. The van der Waals surface area contributed by atoms with E-state index in [-0.39, 0.29) is 86.2 Å². The second-order valence-electron chi connectivity index (χ2n) is 35.2. The van der Waals surface area contributed by atoms with Crippen molar-refractivity contribution < 1.29 is 41.1 Å². The van der Waals surface area contributed by atoms with Crippen molar-refractivity contribution >= 4 is 131 Å². The molecule has 0 aliphatic heterocycles. The SMILES string of the molecule is [2H]c1c([2H])c([2H])c(-c2nc(-c3c([2H])c([2H])c([2H])c([2H])c3[2H])nc(-n3c4ccccc4c4ccc5c(c6ccccc6n5-c5ccc(-c6ccccc6)cc5)c43)n2)c([2H])c1[2H].[2H]c1c([2H])c([2H])c(-c2nc(-c3c([2H])c([2H])c([2H])c([2H])c3[2H])nc(-n3c4ccccc4c4ccc5c(c6ccccc6n5-c5cccc(-c6ccccc6)c5)c43)n2)c([2H])c1[2H].[2H]c1c([2H])c([2H])c(-c2nc(-c3c([2H])c([2H])c([2H])c([2H])c3[2H])nc(-n3c4ccccc4c4ccc5c(c6ccccc6n5-c5ccccc5-c5ccccc5)c43)n2)c([2H])c1[2H]. The van der Waals surface area contributed by atoms with Crippen molar-refractivity contribution in [3.05, 3.63) is 527 Å². The first-order valence-electron chi connectivity index (χ1n) is 62.9. The van der Waals surface area contributed by atoms with Crippen LogP contribution in [0, 0.1) is 0 Å². The van der Waals surface area contributed by atoms with Gasteiger partial charge in [-0.05, 0) is 113 Å². The Morgan fingerprint density at radius 1 is 0.153 bits per heavy atom. The molecule has 0 unspecified atom stereocenters. The fourth-order valence-corrected chi connectivity index (χ4v) is 20.6. The maximum absolute atomic E-state index is 8.86. The van der Waals surface area contributed by atoms with Crippen LogP contribution in [-0.2, 0) is 0 Å². The largest absolute Gasteiger partial charge is 0.309 e. The number of aromatic nitrogens is 15. The molecule has 15 nitrogen and oxygen atoms in total. The van der Waals surface area contributed by atoms with Gasteiger partial charge in [-0.1, -0.05) is 442 Å². The average Bonchev–Trinajstić information content (AvgIpc) is 1.54. The van der Waals surface area contributed by atoms with Gasteiger partial charge in [-0.2, -0.15) is 29.9 Å². The van der Waals surface area contributed by atoms with Crippen LogP contribution in [-0.4, -0.2) is 72.3 Å². The molecule has 0 radical (unpaired) electrons. The third kappa shape index (κ3) is 15.1. The van der Waals surface area contributed by atoms with E-state index in [0.717, 1.165) is 148 Å². The Morgan fingerprint density at radius 2 is 0.413 bits per heavy atom. The van der Waals surface area contributed by atoms with Gasteiger partial charge in [0.1, 0.15) is 0 Å². The van der Waals surface area contributed by atoms with E-state index in [1.807, 2.05) is 232 Å². The number of hydrogen-bond acceptors (Lipinski definition) is 9. The first kappa shape index (κ1) is 61.4. The number of hydrogen-bond donors (Lipinski definition) is 0. The molecule has 0 aliphatic rings. The van der Waals surface area contributed by atoms with Gasteiger partial charge in [0.2, 0.25) is 17.8 Å². The molecule has 9 heterocycles. The highest BCUT2D eigenvalue weighted by molar-refractivity contribution is 6.29. The third-order valence-electron chi connectivity index (χ3n) is 26.9. The summed E-state index contributed by atoms with van der Waals surface area (Å²) in [5, 5.41) is 10.3. The minimum absolute atomic E-state index is 0.0589. The molecule has 0 amide bonds. The zero-order valence-corrected chi connectivity index (χ0v) is 78.6. The van der Waals surface area contributed by atoms with Crippen molar-refractivity contribution in [3.63, 3.8) is 0 Å². The fraction of sp³-hybridized carbons (Fsp3) is 0. The van der Waals surface area contributed by atoms with Gasteiger partial charge < -0.3 is 13.7 Å². The molecular weight excluding hydrogens is 1830 g/mol. The van der Waals surface area contributed by atoms with Crippen LogP contribution in [0.2, 0.25) is 0 Å². The Morgan fingerprint density at radius 3 is 0.760 bits per heavy atom. The predicted molar refractivity (Wildman–Crippen MR) is 614 cm³/mol. The Kier molecular flexibility index (Phi) is 15.2. The number of para-hydroxylation sites is 7. The molecule has 9 aromatic heterocycles. The minimum Gasteiger partial charge on any atom is -0.309 e. The molecule has 30 aromatic rings. The lowest BCUT2D eigenvalue weighted by Gasteiger charge is -2.14. The number of nitrogens with zero attached hydrogens (tertiary/aromatic N) is 15. The van der Waals surface area contributed by atoms with Crippen LogP contribution in [0.4, 0.5) is 0 Å². The molecule has 0 N–H and O–H groups in total. The predicted octanol–water partition coefficient (Wildman–Crippen LogP) is 33.2. The molecule has 21 aromatic carbocycles. The van der Waals surface area contributed by atoms with Crippen LogP contribution < -0.4 is 0 Å². The highest BCUT2D eigenvalue weighted by Gasteiger charge is 2.30. The summed E-state index contributed by atoms with van der Waals surface area (Å²) in [5.74, 6) is -2.20. The quantitative estimate of drug-likeness (QED) is 0.0979. The van der Waals surface area contributed by atoms with Crippen molar-refractivity contribution in [1.82, 2.24) is 72.3 Å². The number of fused-ring (bicyclic) bond motifs is 21. The monoisotopic (exact) mass is 1950 g/mol. The smallest absolute Gasteiger partial charge is 0.238 e. The molecule has 0 saturated heterocycles. The van der Waals surface area contributed by atoms with Crippen molar-refractivity contribution in [3.8, 4) is 137 Å². The highest BCUT2D eigenvalue weighted by atomic mass is 15.2. The van der Waals surface area contributed by atoms with E-state index in [1.54, 1.807) is 0 Å². The molecular formula is C135H87N15. The summed E-state index contributed by atoms with van der Waals surface area (Å²) in [6.07, 6.45) is 0. The molecule has 30 rings (SSSR count). The van der Waals surface area contributed by atoms with Crippen molar-refractivity contribution in [2.24, 2.45) is 0 Å². The summed E-state index contributed by atoms with van der Waals surface area (Å²) in [5.41, 5.74) is 16.6. The Bertz CT molecular complexity index is 12100. The highest BCUT2D eigenvalue weighted by Crippen LogP contribution is 2.49. The minimum atomic E-state index is -0.612. The van der Waals surface area contributed by atoms with E-state index < -0.39 is 181 Å². The zero-order valence-electron chi connectivity index (χ0n) is 109. The van der Waals surface area contributed by atoms with Gasteiger partial charge >= 0.3 is 0 Å². The Labute approximate surface area is 903 Å². The molecule has 150 heavy (non-hydrogen) atoms. The summed E-state index contributed by atoms with van der Waals surface area (Å²) in [7, 11) is 0. The molecule has 0 atom stereocenters. The second kappa shape index (κ2) is 37.0. The van der Waals surface area contributed by atoms with Crippen LogP contribution in [0.15, 0.2) is 527 Å². The third-order valence-corrected chi connectivity index (χ3v) is 26.9. The molecule has 0 bridgehead atoms. The maximum Gasteiger partial charge on any atom is 0.238 e. The van der Waals surface area contributed by atoms with Crippen LogP contribution in [0.5, 0.6) is 0 Å². The van der Waals surface area contributed by atoms with Gasteiger partial charge in [0.25, 0.3) is 0 Å². The lowest BCUT2D eigenvalue weighted by Crippen LogP contribution is -2.06. The average molecular weight is 1950 g/mol. The summed E-state index contributed by atoms with van der Waals surface area (Å²) in [4.78, 5) is 42.6. The lowest BCUT2D eigenvalue weighted by atomic mass is 10.0. The van der Waals surface area contributed by atoms with Crippen molar-refractivity contribution in [2.75, 3.05) is 0 Å². The lowest BCUT2D eigenvalue weighted by molar-refractivity contribution is 0.955. The van der Waals surface area contributed by atoms with Gasteiger partial charge in [0.15, 0.2) is 34.9 Å². The summed E-state index contributed by atoms with van der Waals surface area (Å²) < 4.78 is 269. The second-order valence-corrected chi connectivity index (χ2v) is 35.2. The Hall–Kier alpha value is -20.5. The van der Waals surface area contributed by atoms with E-state index in [1.165, 1.54) is 0 Å². The van der Waals surface area contributed by atoms with Gasteiger partial charge in [0.05, 0.1) is 113 Å². The van der Waals surface area contributed by atoms with Crippen LogP contribution in [0.3, 0.4) is 0 Å². The number of rotatable bonds is 15. The molecule has 0 aliphatic carbocycles. The van der Waals surface area contributed by atoms with E-state index in [2.05, 4.69) is 156 Å². The van der Waals surface area contributed by atoms with Crippen molar-refractivity contribution in [1.29, 1.82) is 0 Å². The summed E-state index contributed by atoms with van der Waals surface area (Å²) in [6.45, 7) is 0. The normalized spacial score (nSPS) is 14.4. The summed E-state index contributed by atoms with van der Waals surface area (Å²) >= 11 is 0. The molecule has 0 fully saturated rings. The fourth-order valence-electron chi connectivity index (χ4n) is 20.6. The molecule has 15 heteroatoms. The summed E-state index contributed by atoms with van der Waals surface area (Å²) in [6, 6.07) is 96.8. The van der Waals surface area contributed by atoms with E-state index in [4.69, 9.17) is 71.0 Å². The maximum atomic E-state index is 8.86. The van der Waals surface area contributed by atoms with Crippen LogP contribution in [0.25, 0.3) is 267 Å². The van der Waals surface area contributed by atoms with Gasteiger partial charge in [-0.3, -0.25) is 13.7 Å². The van der Waals surface area contributed by atoms with Gasteiger partial charge in [-0.25, -0.2) is 15.0 Å². The van der Waals surface area contributed by atoms with E-state index in [0.29, 0.717) is 33.1 Å². The van der Waals surface area contributed by atoms with E-state index in [9.17, 15) is 0 Å². The molecule has 702 valence electrons. The standard InChI is InChI=1S/3C45H29N5/c1-4-16-30(17-5-1)33-22-10-13-25-37(33)49-39-27-15-12-24-36(39)41-40(49)29-28-35-34-23-11-14-26-38(34)50(42(35)41)45-47-43(31-18-6-2-7-19-31)46-44(48-45)32-20-8-3-9-21-32;1-4-15-30(16-5-1)33-21-14-22-34(29-33)49-39-26-13-11-24-37(39)41-40(49)28-27-36-35-23-10-12-25-38(35)50(42(36)41)45-47-43(31-17-6-2-7-18-31)46-44(48-45)32-19-8-3-9-20-32;1-4-14-30(15-5-1)31-24-26-34(27-25-31)49-39-23-13-11-21-37(39)41-40(49)29-28-36-35-20-10-12-22-38(35)50(42(36)41)45-47-43(32-16-6-2-7-17-32)46-44(48-45)33-18-8-3-9-19-33/h3*1-29H/i2D,3D,6D,7D,8D,9D,18D,19D,20D,21D;2D,3D,6D,7D,8D,9D,17D,18D,19D,20D;2D,3D,6D,7D,8D,9D,16D,17D,18D,19D. The topological polar surface area (TPSA) is 146 Å². The van der Waals surface area contributed by atoms with Crippen molar-refractivity contribution in [2.45, 2.75) is 0 Å². The number of benzene rings is 21. The van der Waals surface area contributed by atoms with E-state index >= 15 is 0 Å². The first-order valence-corrected chi connectivity index (χ1v) is 47.9. The molecule has 0 saturated carbocycles. The van der Waals surface area contributed by atoms with Gasteiger partial charge in [-0.15, -0.1) is 0 Å². The Balaban J connectivity index is 0.000000123. The first-order chi connectivity index (χ1) is 86.9.